The quantitative estimate of drug-likeness (QED) is 0.782. The number of nitrogens with one attached hydrogen (secondary N) is 1. The van der Waals surface area contributed by atoms with E-state index in [2.05, 4.69) is 5.32 Å². The molecule has 0 spiro atoms. The number of hydrogen-bond acceptors (Lipinski definition) is 6. The lowest BCUT2D eigenvalue weighted by Crippen LogP contribution is -2.30. The number of amides is 1. The molecule has 0 saturated heterocycles. The monoisotopic (exact) mass is 368 g/mol. The lowest BCUT2D eigenvalue weighted by Gasteiger charge is -2.13. The van der Waals surface area contributed by atoms with E-state index < -0.39 is 28.0 Å². The predicted molar refractivity (Wildman–Crippen MR) is 90.4 cm³/mol. The number of primary sulfonamides is 1. The third-order valence-electron chi connectivity index (χ3n) is 3.15. The maximum Gasteiger partial charge on any atom is 0.349 e. The molecule has 1 heterocycles. The van der Waals surface area contributed by atoms with Gasteiger partial charge in [-0.2, -0.15) is 0 Å². The predicted octanol–water partition coefficient (Wildman–Crippen LogP) is 1.89. The lowest BCUT2D eigenvalue weighted by atomic mass is 10.3. The fourth-order valence-electron chi connectivity index (χ4n) is 1.82. The van der Waals surface area contributed by atoms with Gasteiger partial charge in [0.25, 0.3) is 5.91 Å². The average Bonchev–Trinajstić information content (AvgIpc) is 2.93. The van der Waals surface area contributed by atoms with E-state index in [4.69, 9.17) is 9.88 Å². The second-order valence-corrected chi connectivity index (χ2v) is 7.52. The number of sulfonamides is 1. The number of nitrogens with two attached hydrogens (primary N) is 1. The van der Waals surface area contributed by atoms with Crippen molar-refractivity contribution in [3.63, 3.8) is 0 Å². The molecule has 128 valence electrons. The van der Waals surface area contributed by atoms with Crippen LogP contribution >= 0.6 is 11.3 Å². The zero-order valence-corrected chi connectivity index (χ0v) is 14.6. The van der Waals surface area contributed by atoms with E-state index in [0.29, 0.717) is 10.6 Å². The van der Waals surface area contributed by atoms with Gasteiger partial charge in [-0.15, -0.1) is 11.3 Å². The third kappa shape index (κ3) is 4.40. The second kappa shape index (κ2) is 7.12. The van der Waals surface area contributed by atoms with Crippen molar-refractivity contribution in [2.75, 3.05) is 5.32 Å². The first-order chi connectivity index (χ1) is 11.2. The van der Waals surface area contributed by atoms with Gasteiger partial charge in [0.15, 0.2) is 6.10 Å². The van der Waals surface area contributed by atoms with Gasteiger partial charge in [-0.3, -0.25) is 4.79 Å². The molecule has 0 saturated carbocycles. The number of hydrogen-bond donors (Lipinski definition) is 2. The fourth-order valence-corrected chi connectivity index (χ4v) is 3.14. The number of carbonyl (C=O) groups is 2. The zero-order valence-electron chi connectivity index (χ0n) is 13.0. The highest BCUT2D eigenvalue weighted by molar-refractivity contribution is 7.89. The van der Waals surface area contributed by atoms with Crippen molar-refractivity contribution in [1.29, 1.82) is 0 Å². The molecule has 0 fully saturated rings. The maximum absolute atomic E-state index is 12.1. The molecule has 0 radical (unpaired) electrons. The molecule has 2 rings (SSSR count). The number of carbonyl (C=O) groups excluding carboxylic acids is 2. The first-order valence-corrected chi connectivity index (χ1v) is 9.30. The Kier molecular flexibility index (Phi) is 5.37. The number of aryl methyl sites for hydroxylation is 1. The van der Waals surface area contributed by atoms with Gasteiger partial charge in [0, 0.05) is 5.69 Å². The van der Waals surface area contributed by atoms with E-state index in [1.807, 2.05) is 0 Å². The molecular formula is C15H16N2O5S2. The molecule has 2 aromatic rings. The van der Waals surface area contributed by atoms with Crippen LogP contribution in [0, 0.1) is 6.92 Å². The van der Waals surface area contributed by atoms with Crippen LogP contribution < -0.4 is 10.5 Å². The summed E-state index contributed by atoms with van der Waals surface area (Å²) in [6.45, 7) is 3.24. The van der Waals surface area contributed by atoms with E-state index in [0.717, 1.165) is 5.56 Å². The molecule has 0 aliphatic carbocycles. The van der Waals surface area contributed by atoms with Crippen molar-refractivity contribution in [1.82, 2.24) is 0 Å². The van der Waals surface area contributed by atoms with Crippen LogP contribution in [0.5, 0.6) is 0 Å². The third-order valence-corrected chi connectivity index (χ3v) is 5.08. The van der Waals surface area contributed by atoms with Crippen LogP contribution in [0.4, 0.5) is 5.69 Å². The number of benzene rings is 1. The topological polar surface area (TPSA) is 116 Å². The molecule has 3 N–H and O–H groups in total. The summed E-state index contributed by atoms with van der Waals surface area (Å²) in [6, 6.07) is 7.14. The highest BCUT2D eigenvalue weighted by atomic mass is 32.2. The Labute approximate surface area is 143 Å². The highest BCUT2D eigenvalue weighted by Gasteiger charge is 2.21. The normalized spacial score (nSPS) is 12.5. The summed E-state index contributed by atoms with van der Waals surface area (Å²) in [7, 11) is -3.79. The van der Waals surface area contributed by atoms with Crippen LogP contribution in [0.1, 0.15) is 22.2 Å². The summed E-state index contributed by atoms with van der Waals surface area (Å²) in [4.78, 5) is 24.4. The first kappa shape index (κ1) is 18.1. The molecule has 0 aliphatic rings. The van der Waals surface area contributed by atoms with Crippen LogP contribution in [0.3, 0.4) is 0 Å². The van der Waals surface area contributed by atoms with E-state index in [1.54, 1.807) is 18.4 Å². The molecule has 1 unspecified atom stereocenters. The summed E-state index contributed by atoms with van der Waals surface area (Å²) in [5.41, 5.74) is 1.15. The summed E-state index contributed by atoms with van der Waals surface area (Å²) >= 11 is 1.24. The number of thiophene rings is 1. The minimum atomic E-state index is -3.79. The molecule has 24 heavy (non-hydrogen) atoms. The summed E-state index contributed by atoms with van der Waals surface area (Å²) in [5.74, 6) is -1.09. The van der Waals surface area contributed by atoms with Crippen LogP contribution in [-0.2, 0) is 19.6 Å². The lowest BCUT2D eigenvalue weighted by molar-refractivity contribution is -0.123. The molecule has 1 aromatic heterocycles. The maximum atomic E-state index is 12.1. The Morgan fingerprint density at radius 2 is 1.83 bits per heavy atom. The van der Waals surface area contributed by atoms with Gasteiger partial charge < -0.3 is 10.1 Å². The Morgan fingerprint density at radius 1 is 1.21 bits per heavy atom. The van der Waals surface area contributed by atoms with Crippen LogP contribution in [-0.4, -0.2) is 26.4 Å². The van der Waals surface area contributed by atoms with E-state index in [1.165, 1.54) is 42.5 Å². The molecule has 0 aliphatic heterocycles. The van der Waals surface area contributed by atoms with Gasteiger partial charge in [-0.05, 0) is 55.1 Å². The van der Waals surface area contributed by atoms with E-state index in [-0.39, 0.29) is 4.90 Å². The smallest absolute Gasteiger partial charge is 0.349 e. The Hall–Kier alpha value is -2.23. The van der Waals surface area contributed by atoms with Gasteiger partial charge in [0.2, 0.25) is 10.0 Å². The second-order valence-electron chi connectivity index (χ2n) is 5.04. The first-order valence-electron chi connectivity index (χ1n) is 6.87. The van der Waals surface area contributed by atoms with Gasteiger partial charge in [0.05, 0.1) is 4.90 Å². The van der Waals surface area contributed by atoms with E-state index >= 15 is 0 Å². The molecule has 0 bridgehead atoms. The zero-order chi connectivity index (χ0) is 17.9. The Bertz CT molecular complexity index is 856. The van der Waals surface area contributed by atoms with Crippen LogP contribution in [0.25, 0.3) is 0 Å². The van der Waals surface area contributed by atoms with Crippen molar-refractivity contribution >= 4 is 38.9 Å². The van der Waals surface area contributed by atoms with Crippen molar-refractivity contribution in [3.8, 4) is 0 Å². The Morgan fingerprint density at radius 3 is 2.33 bits per heavy atom. The molecule has 1 amide bonds. The largest absolute Gasteiger partial charge is 0.448 e. The van der Waals surface area contributed by atoms with Gasteiger partial charge >= 0.3 is 5.97 Å². The summed E-state index contributed by atoms with van der Waals surface area (Å²) < 4.78 is 27.5. The van der Waals surface area contributed by atoms with E-state index in [9.17, 15) is 18.0 Å². The SMILES string of the molecule is Cc1ccsc1C(=O)OC(C)C(=O)Nc1ccc(S(N)(=O)=O)cc1. The van der Waals surface area contributed by atoms with Gasteiger partial charge in [0.1, 0.15) is 4.88 Å². The number of esters is 1. The number of anilines is 1. The average molecular weight is 368 g/mol. The van der Waals surface area contributed by atoms with Crippen molar-refractivity contribution in [2.45, 2.75) is 24.8 Å². The van der Waals surface area contributed by atoms with Crippen molar-refractivity contribution < 1.29 is 22.7 Å². The highest BCUT2D eigenvalue weighted by Crippen LogP contribution is 2.18. The molecule has 1 atom stereocenters. The molecule has 9 heteroatoms. The molecule has 7 nitrogen and oxygen atoms in total. The Balaban J connectivity index is 1.99. The van der Waals surface area contributed by atoms with Crippen LogP contribution in [0.15, 0.2) is 40.6 Å². The standard InChI is InChI=1S/C15H16N2O5S2/c1-9-7-8-23-13(9)15(19)22-10(2)14(18)17-11-3-5-12(6-4-11)24(16,20)21/h3-8,10H,1-2H3,(H,17,18)(H2,16,20,21). The molecule has 1 aromatic carbocycles. The van der Waals surface area contributed by atoms with Crippen molar-refractivity contribution in [3.05, 3.63) is 46.2 Å². The van der Waals surface area contributed by atoms with Gasteiger partial charge in [-0.25, -0.2) is 18.4 Å². The number of rotatable bonds is 5. The summed E-state index contributed by atoms with van der Waals surface area (Å²) in [5, 5.41) is 9.30. The minimum Gasteiger partial charge on any atom is -0.448 e. The molecular weight excluding hydrogens is 352 g/mol. The summed E-state index contributed by atoms with van der Waals surface area (Å²) in [6.07, 6.45) is -1.00. The van der Waals surface area contributed by atoms with Gasteiger partial charge in [-0.1, -0.05) is 0 Å². The van der Waals surface area contributed by atoms with Crippen LogP contribution in [0.2, 0.25) is 0 Å². The fraction of sp³-hybridized carbons (Fsp3) is 0.200. The minimum absolute atomic E-state index is 0.0619. The van der Waals surface area contributed by atoms with Crippen molar-refractivity contribution in [2.24, 2.45) is 5.14 Å². The number of ether oxygens (including phenoxy) is 1.